The Hall–Kier alpha value is -0.530. The van der Waals surface area contributed by atoms with E-state index in [-0.39, 0.29) is 5.97 Å². The average molecular weight is 156 g/mol. The third-order valence-corrected chi connectivity index (χ3v) is 2.41. The van der Waals surface area contributed by atoms with Gasteiger partial charge in [-0.3, -0.25) is 4.79 Å². The van der Waals surface area contributed by atoms with Crippen LogP contribution >= 0.6 is 0 Å². The van der Waals surface area contributed by atoms with Crippen molar-refractivity contribution in [3.05, 3.63) is 0 Å². The lowest BCUT2D eigenvalue weighted by molar-refractivity contribution is -0.152. The molecule has 1 fully saturated rings. The summed E-state index contributed by atoms with van der Waals surface area (Å²) in [7, 11) is 0. The first-order chi connectivity index (χ1) is 5.24. The lowest BCUT2D eigenvalue weighted by Crippen LogP contribution is -2.28. The lowest BCUT2D eigenvalue weighted by Gasteiger charge is -2.27. The van der Waals surface area contributed by atoms with E-state index < -0.39 is 0 Å². The molecule has 0 aromatic rings. The lowest BCUT2D eigenvalue weighted by atomic mass is 9.87. The number of carbonyl (C=O) groups excluding carboxylic acids is 1. The monoisotopic (exact) mass is 156 g/mol. The fourth-order valence-electron chi connectivity index (χ4n) is 1.59. The molecule has 1 aliphatic rings. The Labute approximate surface area is 67.9 Å². The van der Waals surface area contributed by atoms with E-state index in [1.54, 1.807) is 0 Å². The molecule has 0 aromatic carbocycles. The van der Waals surface area contributed by atoms with Crippen molar-refractivity contribution in [2.24, 2.45) is 11.8 Å². The highest BCUT2D eigenvalue weighted by Gasteiger charge is 2.26. The fraction of sp³-hybridized carbons (Fsp3) is 0.889. The highest BCUT2D eigenvalue weighted by atomic mass is 16.5. The van der Waals surface area contributed by atoms with Crippen LogP contribution in [0.2, 0.25) is 0 Å². The van der Waals surface area contributed by atoms with Crippen molar-refractivity contribution in [1.29, 1.82) is 0 Å². The highest BCUT2D eigenvalue weighted by molar-refractivity contribution is 5.70. The molecule has 2 unspecified atom stereocenters. The van der Waals surface area contributed by atoms with Crippen molar-refractivity contribution in [2.45, 2.75) is 33.1 Å². The van der Waals surface area contributed by atoms with E-state index in [0.717, 1.165) is 0 Å². The van der Waals surface area contributed by atoms with Gasteiger partial charge >= 0.3 is 5.97 Å². The second kappa shape index (κ2) is 3.74. The Morgan fingerprint density at radius 3 is 2.91 bits per heavy atom. The van der Waals surface area contributed by atoms with E-state index in [4.69, 9.17) is 4.74 Å². The molecule has 0 amide bonds. The molecule has 1 rings (SSSR count). The molecule has 1 saturated heterocycles. The van der Waals surface area contributed by atoms with Crippen molar-refractivity contribution in [2.75, 3.05) is 6.61 Å². The Kier molecular flexibility index (Phi) is 2.92. The predicted octanol–water partition coefficient (Wildman–Crippen LogP) is 1.99. The number of ether oxygens (including phenoxy) is 1. The molecule has 2 nitrogen and oxygen atoms in total. The predicted molar refractivity (Wildman–Crippen MR) is 43.1 cm³/mol. The Morgan fingerprint density at radius 1 is 1.64 bits per heavy atom. The maximum absolute atomic E-state index is 10.8. The minimum absolute atomic E-state index is 0.0233. The summed E-state index contributed by atoms with van der Waals surface area (Å²) in [5, 5.41) is 0. The van der Waals surface area contributed by atoms with Crippen molar-refractivity contribution >= 4 is 5.97 Å². The second-order valence-electron chi connectivity index (χ2n) is 3.41. The topological polar surface area (TPSA) is 26.3 Å². The number of carbonyl (C=O) groups is 1. The molecule has 1 aliphatic heterocycles. The smallest absolute Gasteiger partial charge is 0.306 e. The van der Waals surface area contributed by atoms with E-state index in [0.29, 0.717) is 24.9 Å². The Morgan fingerprint density at radius 2 is 2.36 bits per heavy atom. The van der Waals surface area contributed by atoms with Gasteiger partial charge in [0.1, 0.15) is 0 Å². The Bertz CT molecular complexity index is 142. The van der Waals surface area contributed by atoms with Crippen LogP contribution in [0.5, 0.6) is 0 Å². The minimum atomic E-state index is -0.0233. The van der Waals surface area contributed by atoms with Crippen LogP contribution in [0.3, 0.4) is 0 Å². The van der Waals surface area contributed by atoms with Gasteiger partial charge in [0.05, 0.1) is 6.61 Å². The molecule has 0 N–H and O–H groups in total. The van der Waals surface area contributed by atoms with Crippen LogP contribution in [-0.2, 0) is 9.53 Å². The SMILES string of the molecule is CCCC1COC(=O)CC1C. The van der Waals surface area contributed by atoms with Crippen molar-refractivity contribution in [3.8, 4) is 0 Å². The quantitative estimate of drug-likeness (QED) is 0.571. The molecule has 64 valence electrons. The molecule has 0 saturated carbocycles. The van der Waals surface area contributed by atoms with Gasteiger partial charge in [-0.1, -0.05) is 20.3 Å². The number of hydrogen-bond donors (Lipinski definition) is 0. The first kappa shape index (κ1) is 8.57. The van der Waals surface area contributed by atoms with Gasteiger partial charge in [-0.15, -0.1) is 0 Å². The summed E-state index contributed by atoms with van der Waals surface area (Å²) < 4.78 is 4.97. The molecular formula is C9H16O2. The third-order valence-electron chi connectivity index (χ3n) is 2.41. The van der Waals surface area contributed by atoms with Gasteiger partial charge in [0, 0.05) is 6.42 Å². The van der Waals surface area contributed by atoms with Crippen LogP contribution in [0.25, 0.3) is 0 Å². The molecular weight excluding hydrogens is 140 g/mol. The van der Waals surface area contributed by atoms with Crippen LogP contribution in [0.1, 0.15) is 33.1 Å². The standard InChI is InChI=1S/C9H16O2/c1-3-4-8-6-11-9(10)5-7(8)2/h7-8H,3-6H2,1-2H3. The van der Waals surface area contributed by atoms with Crippen LogP contribution in [0.4, 0.5) is 0 Å². The summed E-state index contributed by atoms with van der Waals surface area (Å²) in [4.78, 5) is 10.8. The van der Waals surface area contributed by atoms with Crippen LogP contribution in [0.15, 0.2) is 0 Å². The minimum Gasteiger partial charge on any atom is -0.465 e. The van der Waals surface area contributed by atoms with Gasteiger partial charge in [0.15, 0.2) is 0 Å². The zero-order chi connectivity index (χ0) is 8.27. The number of esters is 1. The maximum Gasteiger partial charge on any atom is 0.306 e. The first-order valence-electron chi connectivity index (χ1n) is 4.39. The summed E-state index contributed by atoms with van der Waals surface area (Å²) in [6, 6.07) is 0. The zero-order valence-electron chi connectivity index (χ0n) is 7.30. The number of hydrogen-bond acceptors (Lipinski definition) is 2. The molecule has 2 atom stereocenters. The van der Waals surface area contributed by atoms with Gasteiger partial charge in [-0.25, -0.2) is 0 Å². The maximum atomic E-state index is 10.8. The summed E-state index contributed by atoms with van der Waals surface area (Å²) in [6.07, 6.45) is 2.99. The molecule has 0 spiro atoms. The summed E-state index contributed by atoms with van der Waals surface area (Å²) in [6.45, 7) is 4.96. The number of cyclic esters (lactones) is 1. The molecule has 11 heavy (non-hydrogen) atoms. The third kappa shape index (κ3) is 2.21. The van der Waals surface area contributed by atoms with Gasteiger partial charge in [-0.05, 0) is 18.3 Å². The first-order valence-corrected chi connectivity index (χ1v) is 4.39. The van der Waals surface area contributed by atoms with E-state index >= 15 is 0 Å². The molecule has 0 aliphatic carbocycles. The van der Waals surface area contributed by atoms with E-state index in [9.17, 15) is 4.79 Å². The summed E-state index contributed by atoms with van der Waals surface area (Å²) in [5.41, 5.74) is 0. The van der Waals surface area contributed by atoms with Crippen molar-refractivity contribution in [1.82, 2.24) is 0 Å². The van der Waals surface area contributed by atoms with E-state index in [1.165, 1.54) is 12.8 Å². The largest absolute Gasteiger partial charge is 0.465 e. The van der Waals surface area contributed by atoms with Gasteiger partial charge in [-0.2, -0.15) is 0 Å². The average Bonchev–Trinajstić information content (AvgIpc) is 1.95. The van der Waals surface area contributed by atoms with Crippen LogP contribution < -0.4 is 0 Å². The zero-order valence-corrected chi connectivity index (χ0v) is 7.30. The van der Waals surface area contributed by atoms with Crippen molar-refractivity contribution in [3.63, 3.8) is 0 Å². The van der Waals surface area contributed by atoms with Crippen LogP contribution in [0, 0.1) is 11.8 Å². The normalized spacial score (nSPS) is 31.6. The summed E-state index contributed by atoms with van der Waals surface area (Å²) >= 11 is 0. The number of rotatable bonds is 2. The molecule has 2 heteroatoms. The molecule has 0 aromatic heterocycles. The Balaban J connectivity index is 2.37. The van der Waals surface area contributed by atoms with Crippen molar-refractivity contribution < 1.29 is 9.53 Å². The fourth-order valence-corrected chi connectivity index (χ4v) is 1.59. The second-order valence-corrected chi connectivity index (χ2v) is 3.41. The summed E-state index contributed by atoms with van der Waals surface area (Å²) in [5.74, 6) is 1.11. The molecule has 1 heterocycles. The van der Waals surface area contributed by atoms with Gasteiger partial charge < -0.3 is 4.74 Å². The molecule has 0 radical (unpaired) electrons. The van der Waals surface area contributed by atoms with E-state index in [1.807, 2.05) is 0 Å². The van der Waals surface area contributed by atoms with Crippen LogP contribution in [-0.4, -0.2) is 12.6 Å². The van der Waals surface area contributed by atoms with Gasteiger partial charge in [0.2, 0.25) is 0 Å². The van der Waals surface area contributed by atoms with Gasteiger partial charge in [0.25, 0.3) is 0 Å². The molecule has 0 bridgehead atoms. The highest BCUT2D eigenvalue weighted by Crippen LogP contribution is 2.25. The van der Waals surface area contributed by atoms with E-state index in [2.05, 4.69) is 13.8 Å².